The average molecular weight is 380 g/mol. The van der Waals surface area contributed by atoms with Crippen molar-refractivity contribution in [2.24, 2.45) is 0 Å². The van der Waals surface area contributed by atoms with E-state index in [2.05, 4.69) is 109 Å². The van der Waals surface area contributed by atoms with Crippen LogP contribution in [0.1, 0.15) is 22.3 Å². The predicted molar refractivity (Wildman–Crippen MR) is 108 cm³/mol. The van der Waals surface area contributed by atoms with Gasteiger partial charge in [0.1, 0.15) is 0 Å². The van der Waals surface area contributed by atoms with Gasteiger partial charge >= 0.3 is 0 Å². The molecular formula is C22H22BrN. The van der Waals surface area contributed by atoms with Gasteiger partial charge in [0, 0.05) is 15.8 Å². The minimum atomic E-state index is 1.18. The largest absolute Gasteiger partial charge is 0.310 e. The van der Waals surface area contributed by atoms with E-state index in [1.807, 2.05) is 0 Å². The SMILES string of the molecule is Cc1c(C)c(N(c2ccccc2)c2ccccc2)c(C)c(C)c1Br. The number of rotatable bonds is 3. The molecule has 0 fully saturated rings. The molecule has 0 spiro atoms. The van der Waals surface area contributed by atoms with Crippen LogP contribution >= 0.6 is 15.9 Å². The summed E-state index contributed by atoms with van der Waals surface area (Å²) in [6, 6.07) is 21.1. The Balaban J connectivity index is 2.33. The van der Waals surface area contributed by atoms with Crippen molar-refractivity contribution in [2.45, 2.75) is 27.7 Å². The molecule has 3 rings (SSSR count). The molecule has 0 heterocycles. The normalized spacial score (nSPS) is 10.7. The first-order valence-electron chi connectivity index (χ1n) is 8.18. The van der Waals surface area contributed by atoms with Crippen LogP contribution in [0.25, 0.3) is 0 Å². The average Bonchev–Trinajstić information content (AvgIpc) is 2.63. The molecule has 122 valence electrons. The summed E-state index contributed by atoms with van der Waals surface area (Å²) >= 11 is 3.76. The highest BCUT2D eigenvalue weighted by atomic mass is 79.9. The summed E-state index contributed by atoms with van der Waals surface area (Å²) in [6.45, 7) is 8.79. The number of para-hydroxylation sites is 2. The molecule has 0 saturated heterocycles. The van der Waals surface area contributed by atoms with Gasteiger partial charge in [-0.3, -0.25) is 0 Å². The molecular weight excluding hydrogens is 358 g/mol. The molecule has 2 heteroatoms. The first-order chi connectivity index (χ1) is 11.5. The molecule has 3 aromatic rings. The lowest BCUT2D eigenvalue weighted by Crippen LogP contribution is -2.14. The fraction of sp³-hybridized carbons (Fsp3) is 0.182. The van der Waals surface area contributed by atoms with Crippen LogP contribution in [-0.2, 0) is 0 Å². The van der Waals surface area contributed by atoms with Crippen molar-refractivity contribution in [1.82, 2.24) is 0 Å². The van der Waals surface area contributed by atoms with Gasteiger partial charge in [-0.2, -0.15) is 0 Å². The maximum atomic E-state index is 3.76. The van der Waals surface area contributed by atoms with Gasteiger partial charge in [-0.1, -0.05) is 52.3 Å². The highest BCUT2D eigenvalue weighted by Gasteiger charge is 2.20. The standard InChI is InChI=1S/C22H22BrN/c1-15-17(3)22(18(4)16(2)21(15)23)24(19-11-7-5-8-12-19)20-13-9-6-10-14-20/h5-14H,1-4H3. The summed E-state index contributed by atoms with van der Waals surface area (Å²) in [5, 5.41) is 0. The Labute approximate surface area is 153 Å². The van der Waals surface area contributed by atoms with Gasteiger partial charge in [0.15, 0.2) is 0 Å². The minimum absolute atomic E-state index is 1.18. The fourth-order valence-corrected chi connectivity index (χ4v) is 3.74. The van der Waals surface area contributed by atoms with Gasteiger partial charge in [0.25, 0.3) is 0 Å². The van der Waals surface area contributed by atoms with E-state index in [-0.39, 0.29) is 0 Å². The number of anilines is 3. The topological polar surface area (TPSA) is 3.24 Å². The van der Waals surface area contributed by atoms with Gasteiger partial charge in [-0.05, 0) is 74.2 Å². The van der Waals surface area contributed by atoms with E-state index in [4.69, 9.17) is 0 Å². The molecule has 0 bridgehead atoms. The maximum absolute atomic E-state index is 3.76. The molecule has 0 amide bonds. The number of halogens is 1. The van der Waals surface area contributed by atoms with E-state index in [0.717, 1.165) is 0 Å². The fourth-order valence-electron chi connectivity index (χ4n) is 3.14. The lowest BCUT2D eigenvalue weighted by molar-refractivity contribution is 1.15. The molecule has 0 aliphatic rings. The molecule has 3 aromatic carbocycles. The summed E-state index contributed by atoms with van der Waals surface area (Å²) in [5.41, 5.74) is 8.82. The Morgan fingerprint density at radius 2 is 0.958 bits per heavy atom. The zero-order chi connectivity index (χ0) is 17.3. The second-order valence-electron chi connectivity index (χ2n) is 6.17. The van der Waals surface area contributed by atoms with Crippen molar-refractivity contribution in [2.75, 3.05) is 4.90 Å². The maximum Gasteiger partial charge on any atom is 0.0526 e. The number of nitrogens with zero attached hydrogens (tertiary/aromatic N) is 1. The third kappa shape index (κ3) is 2.87. The molecule has 0 aliphatic carbocycles. The van der Waals surface area contributed by atoms with Gasteiger partial charge < -0.3 is 4.90 Å². The molecule has 0 aromatic heterocycles. The van der Waals surface area contributed by atoms with Gasteiger partial charge in [0.05, 0.1) is 5.69 Å². The Morgan fingerprint density at radius 3 is 1.33 bits per heavy atom. The molecule has 0 atom stereocenters. The molecule has 0 unspecified atom stereocenters. The van der Waals surface area contributed by atoms with Gasteiger partial charge in [0.2, 0.25) is 0 Å². The van der Waals surface area contributed by atoms with Crippen LogP contribution in [-0.4, -0.2) is 0 Å². The van der Waals surface area contributed by atoms with Crippen molar-refractivity contribution in [1.29, 1.82) is 0 Å². The first-order valence-corrected chi connectivity index (χ1v) is 8.97. The number of hydrogen-bond donors (Lipinski definition) is 0. The Hall–Kier alpha value is -2.06. The molecule has 0 aliphatic heterocycles. The summed E-state index contributed by atoms with van der Waals surface area (Å²) in [5.74, 6) is 0. The van der Waals surface area contributed by atoms with E-state index in [1.54, 1.807) is 0 Å². The second kappa shape index (κ2) is 6.82. The van der Waals surface area contributed by atoms with Crippen molar-refractivity contribution in [3.05, 3.63) is 87.4 Å². The zero-order valence-corrected chi connectivity index (χ0v) is 16.2. The van der Waals surface area contributed by atoms with Crippen LogP contribution in [0.5, 0.6) is 0 Å². The Bertz CT molecular complexity index is 786. The van der Waals surface area contributed by atoms with Crippen LogP contribution < -0.4 is 4.90 Å². The predicted octanol–water partition coefficient (Wildman–Crippen LogP) is 7.15. The van der Waals surface area contributed by atoms with Gasteiger partial charge in [-0.25, -0.2) is 0 Å². The second-order valence-corrected chi connectivity index (χ2v) is 6.96. The number of benzene rings is 3. The molecule has 0 radical (unpaired) electrons. The lowest BCUT2D eigenvalue weighted by Gasteiger charge is -2.30. The van der Waals surface area contributed by atoms with Crippen LogP contribution in [0.3, 0.4) is 0 Å². The molecule has 0 saturated carbocycles. The van der Waals surface area contributed by atoms with Crippen molar-refractivity contribution in [3.63, 3.8) is 0 Å². The highest BCUT2D eigenvalue weighted by molar-refractivity contribution is 9.10. The first kappa shape index (κ1) is 16.8. The quantitative estimate of drug-likeness (QED) is 0.466. The smallest absolute Gasteiger partial charge is 0.0526 e. The molecule has 1 nitrogen and oxygen atoms in total. The van der Waals surface area contributed by atoms with E-state index in [1.165, 1.54) is 43.8 Å². The Morgan fingerprint density at radius 1 is 0.583 bits per heavy atom. The van der Waals surface area contributed by atoms with E-state index in [0.29, 0.717) is 0 Å². The summed E-state index contributed by atoms with van der Waals surface area (Å²) in [7, 11) is 0. The monoisotopic (exact) mass is 379 g/mol. The third-order valence-corrected chi connectivity index (χ3v) is 5.94. The van der Waals surface area contributed by atoms with E-state index in [9.17, 15) is 0 Å². The van der Waals surface area contributed by atoms with Crippen LogP contribution in [0, 0.1) is 27.7 Å². The van der Waals surface area contributed by atoms with Crippen molar-refractivity contribution >= 4 is 33.0 Å². The Kier molecular flexibility index (Phi) is 4.77. The molecule has 24 heavy (non-hydrogen) atoms. The molecule has 0 N–H and O–H groups in total. The van der Waals surface area contributed by atoms with Crippen LogP contribution in [0.2, 0.25) is 0 Å². The van der Waals surface area contributed by atoms with E-state index < -0.39 is 0 Å². The third-order valence-electron chi connectivity index (χ3n) is 4.75. The summed E-state index contributed by atoms with van der Waals surface area (Å²) < 4.78 is 1.21. The summed E-state index contributed by atoms with van der Waals surface area (Å²) in [6.07, 6.45) is 0. The minimum Gasteiger partial charge on any atom is -0.310 e. The highest BCUT2D eigenvalue weighted by Crippen LogP contribution is 2.42. The van der Waals surface area contributed by atoms with Crippen LogP contribution in [0.15, 0.2) is 65.1 Å². The van der Waals surface area contributed by atoms with Gasteiger partial charge in [-0.15, -0.1) is 0 Å². The van der Waals surface area contributed by atoms with Crippen LogP contribution in [0.4, 0.5) is 17.1 Å². The summed E-state index contributed by atoms with van der Waals surface area (Å²) in [4.78, 5) is 2.36. The zero-order valence-electron chi connectivity index (χ0n) is 14.6. The van der Waals surface area contributed by atoms with E-state index >= 15 is 0 Å². The lowest BCUT2D eigenvalue weighted by atomic mass is 9.97. The van der Waals surface area contributed by atoms with Crippen molar-refractivity contribution in [3.8, 4) is 0 Å². The number of hydrogen-bond acceptors (Lipinski definition) is 1. The van der Waals surface area contributed by atoms with Crippen molar-refractivity contribution < 1.29 is 0 Å².